The normalized spacial score (nSPS) is 10.7. The summed E-state index contributed by atoms with van der Waals surface area (Å²) in [5, 5.41) is 12.8. The number of nitrogens with one attached hydrogen (secondary N) is 2. The highest BCUT2D eigenvalue weighted by Gasteiger charge is 2.09. The number of nitrogens with zero attached hydrogens (tertiary/aromatic N) is 1. The molecule has 1 aromatic carbocycles. The Kier molecular flexibility index (Phi) is 4.08. The van der Waals surface area contributed by atoms with Crippen LogP contribution in [0.1, 0.15) is 5.56 Å². The van der Waals surface area contributed by atoms with Gasteiger partial charge in [0.2, 0.25) is 0 Å². The molecule has 2 aromatic heterocycles. The molecule has 0 aliphatic carbocycles. The lowest BCUT2D eigenvalue weighted by Crippen LogP contribution is -2.00. The van der Waals surface area contributed by atoms with Gasteiger partial charge in [-0.05, 0) is 29.8 Å². The molecule has 0 aliphatic heterocycles. The Morgan fingerprint density at radius 2 is 2.15 bits per heavy atom. The topological polar surface area (TPSA) is 40.7 Å². The molecule has 0 saturated carbocycles. The fourth-order valence-corrected chi connectivity index (χ4v) is 3.39. The minimum Gasteiger partial charge on any atom is -0.380 e. The molecule has 102 valence electrons. The van der Waals surface area contributed by atoms with Crippen molar-refractivity contribution in [3.05, 3.63) is 53.5 Å². The first kappa shape index (κ1) is 13.3. The summed E-state index contributed by atoms with van der Waals surface area (Å²) in [6.07, 6.45) is 3.99. The van der Waals surface area contributed by atoms with Crippen LogP contribution in [-0.4, -0.2) is 16.5 Å². The average molecular weight is 301 g/mol. The van der Waals surface area contributed by atoms with Crippen molar-refractivity contribution in [1.29, 1.82) is 0 Å². The minimum atomic E-state index is 0.765. The molecule has 0 unspecified atom stereocenters. The van der Waals surface area contributed by atoms with Crippen molar-refractivity contribution < 1.29 is 0 Å². The SMILES string of the molecule is CSc1ccccc1NCc1cn[nH]c1-c1cccs1. The van der Waals surface area contributed by atoms with Crippen LogP contribution in [0.25, 0.3) is 10.6 Å². The number of thiophene rings is 1. The molecular formula is C15H15N3S2. The van der Waals surface area contributed by atoms with Gasteiger partial charge in [-0.25, -0.2) is 0 Å². The van der Waals surface area contributed by atoms with Gasteiger partial charge in [0.25, 0.3) is 0 Å². The molecule has 0 bridgehead atoms. The lowest BCUT2D eigenvalue weighted by molar-refractivity contribution is 1.10. The summed E-state index contributed by atoms with van der Waals surface area (Å²) in [5.41, 5.74) is 3.45. The number of para-hydroxylation sites is 1. The third-order valence-corrected chi connectivity index (χ3v) is 4.74. The van der Waals surface area contributed by atoms with Crippen LogP contribution < -0.4 is 5.32 Å². The maximum atomic E-state index is 4.17. The van der Waals surface area contributed by atoms with Crippen molar-refractivity contribution in [1.82, 2.24) is 10.2 Å². The Morgan fingerprint density at radius 1 is 1.25 bits per heavy atom. The maximum Gasteiger partial charge on any atom is 0.0799 e. The highest BCUT2D eigenvalue weighted by atomic mass is 32.2. The third-order valence-electron chi connectivity index (χ3n) is 3.06. The van der Waals surface area contributed by atoms with Crippen LogP contribution in [-0.2, 0) is 6.54 Å². The van der Waals surface area contributed by atoms with E-state index in [1.54, 1.807) is 23.1 Å². The number of hydrogen-bond donors (Lipinski definition) is 2. The number of aromatic amines is 1. The summed E-state index contributed by atoms with van der Waals surface area (Å²) in [4.78, 5) is 2.48. The van der Waals surface area contributed by atoms with Crippen molar-refractivity contribution >= 4 is 28.8 Å². The van der Waals surface area contributed by atoms with Gasteiger partial charge < -0.3 is 5.32 Å². The summed E-state index contributed by atoms with van der Waals surface area (Å²) in [5.74, 6) is 0. The zero-order chi connectivity index (χ0) is 13.8. The number of H-pyrrole nitrogens is 1. The van der Waals surface area contributed by atoms with Gasteiger partial charge in [-0.3, -0.25) is 5.10 Å². The summed E-state index contributed by atoms with van der Waals surface area (Å²) in [7, 11) is 0. The van der Waals surface area contributed by atoms with Crippen LogP contribution >= 0.6 is 23.1 Å². The summed E-state index contributed by atoms with van der Waals surface area (Å²) in [6, 6.07) is 12.5. The highest BCUT2D eigenvalue weighted by Crippen LogP contribution is 2.28. The predicted octanol–water partition coefficient (Wildman–Crippen LogP) is 4.47. The monoisotopic (exact) mass is 301 g/mol. The van der Waals surface area contributed by atoms with E-state index in [9.17, 15) is 0 Å². The van der Waals surface area contributed by atoms with Gasteiger partial charge in [0, 0.05) is 22.7 Å². The first-order valence-corrected chi connectivity index (χ1v) is 8.42. The van der Waals surface area contributed by atoms with E-state index in [1.807, 2.05) is 6.20 Å². The van der Waals surface area contributed by atoms with Crippen LogP contribution in [0.4, 0.5) is 5.69 Å². The first-order chi connectivity index (χ1) is 9.88. The Hall–Kier alpha value is -1.72. The van der Waals surface area contributed by atoms with Crippen LogP contribution in [0.15, 0.2) is 52.9 Å². The molecule has 0 amide bonds. The van der Waals surface area contributed by atoms with E-state index in [0.717, 1.165) is 12.2 Å². The van der Waals surface area contributed by atoms with Gasteiger partial charge in [0.15, 0.2) is 0 Å². The predicted molar refractivity (Wildman–Crippen MR) is 87.5 cm³/mol. The standard InChI is InChI=1S/C15H15N3S2/c1-19-13-6-3-2-5-12(13)16-9-11-10-17-18-15(11)14-7-4-8-20-14/h2-8,10,16H,9H2,1H3,(H,17,18). The van der Waals surface area contributed by atoms with Crippen molar-refractivity contribution in [3.8, 4) is 10.6 Å². The number of rotatable bonds is 5. The Balaban J connectivity index is 1.78. The van der Waals surface area contributed by atoms with Crippen LogP contribution in [0.5, 0.6) is 0 Å². The Labute approximate surface area is 126 Å². The lowest BCUT2D eigenvalue weighted by Gasteiger charge is -2.10. The van der Waals surface area contributed by atoms with Crippen molar-refractivity contribution in [3.63, 3.8) is 0 Å². The van der Waals surface area contributed by atoms with Gasteiger partial charge in [0.1, 0.15) is 0 Å². The zero-order valence-corrected chi connectivity index (χ0v) is 12.7. The largest absolute Gasteiger partial charge is 0.380 e. The molecule has 2 N–H and O–H groups in total. The molecule has 5 heteroatoms. The van der Waals surface area contributed by atoms with E-state index in [4.69, 9.17) is 0 Å². The van der Waals surface area contributed by atoms with E-state index in [0.29, 0.717) is 0 Å². The van der Waals surface area contributed by atoms with Crippen molar-refractivity contribution in [2.24, 2.45) is 0 Å². The molecule has 0 aliphatic rings. The molecule has 2 heterocycles. The highest BCUT2D eigenvalue weighted by molar-refractivity contribution is 7.98. The van der Waals surface area contributed by atoms with E-state index in [1.165, 1.54) is 21.0 Å². The number of hydrogen-bond acceptors (Lipinski definition) is 4. The fraction of sp³-hybridized carbons (Fsp3) is 0.133. The van der Waals surface area contributed by atoms with Crippen molar-refractivity contribution in [2.45, 2.75) is 11.4 Å². The second-order valence-corrected chi connectivity index (χ2v) is 6.10. The number of anilines is 1. The summed E-state index contributed by atoms with van der Waals surface area (Å²) < 4.78 is 0. The van der Waals surface area contributed by atoms with E-state index < -0.39 is 0 Å². The molecule has 3 nitrogen and oxygen atoms in total. The quantitative estimate of drug-likeness (QED) is 0.683. The molecule has 3 rings (SSSR count). The van der Waals surface area contributed by atoms with Crippen LogP contribution in [0, 0.1) is 0 Å². The maximum absolute atomic E-state index is 4.17. The minimum absolute atomic E-state index is 0.765. The van der Waals surface area contributed by atoms with Gasteiger partial charge >= 0.3 is 0 Å². The van der Waals surface area contributed by atoms with Gasteiger partial charge in [-0.15, -0.1) is 23.1 Å². The van der Waals surface area contributed by atoms with E-state index in [-0.39, 0.29) is 0 Å². The van der Waals surface area contributed by atoms with Crippen LogP contribution in [0.2, 0.25) is 0 Å². The van der Waals surface area contributed by atoms with E-state index >= 15 is 0 Å². The lowest BCUT2D eigenvalue weighted by atomic mass is 10.2. The molecule has 0 spiro atoms. The molecule has 3 aromatic rings. The van der Waals surface area contributed by atoms with Crippen LogP contribution in [0.3, 0.4) is 0 Å². The third kappa shape index (κ3) is 2.73. The summed E-state index contributed by atoms with van der Waals surface area (Å²) in [6.45, 7) is 0.765. The number of thioether (sulfide) groups is 1. The Morgan fingerprint density at radius 3 is 2.95 bits per heavy atom. The van der Waals surface area contributed by atoms with Crippen molar-refractivity contribution in [2.75, 3.05) is 11.6 Å². The molecule has 0 radical (unpaired) electrons. The van der Waals surface area contributed by atoms with E-state index in [2.05, 4.69) is 63.5 Å². The molecule has 0 atom stereocenters. The molecule has 0 saturated heterocycles. The average Bonchev–Trinajstić information content (AvgIpc) is 3.15. The molecule has 0 fully saturated rings. The van der Waals surface area contributed by atoms with Gasteiger partial charge in [0.05, 0.1) is 16.8 Å². The fourth-order valence-electron chi connectivity index (χ4n) is 2.06. The smallest absolute Gasteiger partial charge is 0.0799 e. The number of benzene rings is 1. The second-order valence-electron chi connectivity index (χ2n) is 4.30. The number of aromatic nitrogens is 2. The summed E-state index contributed by atoms with van der Waals surface area (Å²) >= 11 is 3.47. The van der Waals surface area contributed by atoms with Gasteiger partial charge in [-0.1, -0.05) is 18.2 Å². The molecular weight excluding hydrogens is 286 g/mol. The zero-order valence-electron chi connectivity index (χ0n) is 11.1. The second kappa shape index (κ2) is 6.15. The Bertz CT molecular complexity index is 674. The van der Waals surface area contributed by atoms with Gasteiger partial charge in [-0.2, -0.15) is 5.10 Å². The first-order valence-electron chi connectivity index (χ1n) is 6.31. The molecule has 20 heavy (non-hydrogen) atoms.